The highest BCUT2D eigenvalue weighted by atomic mass is 79.9. The summed E-state index contributed by atoms with van der Waals surface area (Å²) in [6, 6.07) is 13.7. The van der Waals surface area contributed by atoms with Crippen LogP contribution in [0.3, 0.4) is 0 Å². The fourth-order valence-electron chi connectivity index (χ4n) is 3.15. The summed E-state index contributed by atoms with van der Waals surface area (Å²) >= 11 is 3.63. The molecule has 1 N–H and O–H groups in total. The Bertz CT molecular complexity index is 1100. The number of hydrogen-bond acceptors (Lipinski definition) is 3. The summed E-state index contributed by atoms with van der Waals surface area (Å²) in [5.74, 6) is 0.662. The van der Waals surface area contributed by atoms with Gasteiger partial charge in [0.1, 0.15) is 6.54 Å². The molecule has 0 radical (unpaired) electrons. The van der Waals surface area contributed by atoms with Crippen LogP contribution >= 0.6 is 15.9 Å². The first-order valence-corrected chi connectivity index (χ1v) is 9.38. The van der Waals surface area contributed by atoms with Crippen molar-refractivity contribution in [2.45, 2.75) is 20.0 Å². The Balaban J connectivity index is 1.52. The Labute approximate surface area is 165 Å². The Hall–Kier alpha value is -2.93. The summed E-state index contributed by atoms with van der Waals surface area (Å²) in [5, 5.41) is 8.32. The van der Waals surface area contributed by atoms with Gasteiger partial charge in [-0.15, -0.1) is 0 Å². The average molecular weight is 424 g/mol. The van der Waals surface area contributed by atoms with Gasteiger partial charge in [0.25, 0.3) is 0 Å². The van der Waals surface area contributed by atoms with Crippen LogP contribution in [0.15, 0.2) is 65.5 Å². The lowest BCUT2D eigenvalue weighted by Crippen LogP contribution is -2.28. The maximum Gasteiger partial charge on any atom is 0.240 e. The Morgan fingerprint density at radius 3 is 2.81 bits per heavy atom. The maximum absolute atomic E-state index is 12.6. The Kier molecular flexibility index (Phi) is 4.77. The number of fused-ring (bicyclic) bond motifs is 1. The zero-order valence-corrected chi connectivity index (χ0v) is 16.3. The third-order valence-electron chi connectivity index (χ3n) is 4.52. The third kappa shape index (κ3) is 3.38. The van der Waals surface area contributed by atoms with E-state index < -0.39 is 0 Å². The Morgan fingerprint density at radius 2 is 2.00 bits per heavy atom. The number of rotatable bonds is 5. The number of halogens is 1. The first-order valence-electron chi connectivity index (χ1n) is 8.59. The highest BCUT2D eigenvalue weighted by Crippen LogP contribution is 2.30. The van der Waals surface area contributed by atoms with E-state index in [-0.39, 0.29) is 12.5 Å². The topological polar surface area (TPSA) is 64.7 Å². The lowest BCUT2D eigenvalue weighted by atomic mass is 10.2. The van der Waals surface area contributed by atoms with Gasteiger partial charge in [-0.3, -0.25) is 4.79 Å². The largest absolute Gasteiger partial charge is 0.350 e. The molecule has 3 heterocycles. The minimum absolute atomic E-state index is 0.0541. The van der Waals surface area contributed by atoms with Crippen LogP contribution in [0.1, 0.15) is 11.3 Å². The van der Waals surface area contributed by atoms with E-state index in [0.29, 0.717) is 12.4 Å². The molecule has 0 unspecified atom stereocenters. The lowest BCUT2D eigenvalue weighted by Gasteiger charge is -2.11. The van der Waals surface area contributed by atoms with Crippen molar-refractivity contribution in [3.63, 3.8) is 0 Å². The first-order chi connectivity index (χ1) is 13.1. The molecule has 0 aliphatic rings. The molecular formula is C20H18BrN5O. The molecule has 0 aliphatic carbocycles. The molecule has 1 aromatic carbocycles. The number of carbonyl (C=O) groups excluding carboxylic acids is 1. The first kappa shape index (κ1) is 17.5. The zero-order valence-electron chi connectivity index (χ0n) is 14.8. The van der Waals surface area contributed by atoms with Gasteiger partial charge in [-0.1, -0.05) is 24.3 Å². The van der Waals surface area contributed by atoms with Crippen molar-refractivity contribution >= 4 is 32.7 Å². The van der Waals surface area contributed by atoms with Crippen molar-refractivity contribution in [2.24, 2.45) is 0 Å². The van der Waals surface area contributed by atoms with Crippen LogP contribution in [0.2, 0.25) is 0 Å². The van der Waals surface area contributed by atoms with E-state index in [4.69, 9.17) is 0 Å². The van der Waals surface area contributed by atoms with Crippen LogP contribution in [-0.2, 0) is 17.9 Å². The van der Waals surface area contributed by atoms with E-state index in [1.54, 1.807) is 17.1 Å². The van der Waals surface area contributed by atoms with Gasteiger partial charge in [-0.2, -0.15) is 5.10 Å². The van der Waals surface area contributed by atoms with Crippen LogP contribution in [0.25, 0.3) is 16.7 Å². The van der Waals surface area contributed by atoms with Gasteiger partial charge < -0.3 is 9.88 Å². The number of para-hydroxylation sites is 1. The SMILES string of the molecule is Cc1c(Br)c2ccccc2n1CC(=O)NCc1cccnc1-n1cccn1. The number of pyridine rings is 1. The van der Waals surface area contributed by atoms with Crippen molar-refractivity contribution in [1.82, 2.24) is 24.6 Å². The normalized spacial score (nSPS) is 11.0. The van der Waals surface area contributed by atoms with Gasteiger partial charge in [0.2, 0.25) is 5.91 Å². The van der Waals surface area contributed by atoms with E-state index in [1.165, 1.54) is 0 Å². The summed E-state index contributed by atoms with van der Waals surface area (Å²) in [4.78, 5) is 17.0. The maximum atomic E-state index is 12.6. The second-order valence-corrected chi connectivity index (χ2v) is 7.01. The number of nitrogens with zero attached hydrogens (tertiary/aromatic N) is 4. The summed E-state index contributed by atoms with van der Waals surface area (Å²) in [7, 11) is 0. The minimum Gasteiger partial charge on any atom is -0.350 e. The molecule has 4 aromatic rings. The van der Waals surface area contributed by atoms with Gasteiger partial charge in [0, 0.05) is 51.8 Å². The number of hydrogen-bond donors (Lipinski definition) is 1. The fourth-order valence-corrected chi connectivity index (χ4v) is 3.70. The van der Waals surface area contributed by atoms with E-state index in [9.17, 15) is 4.79 Å². The molecule has 6 nitrogen and oxygen atoms in total. The minimum atomic E-state index is -0.0541. The monoisotopic (exact) mass is 423 g/mol. The standard InChI is InChI=1S/C20H18BrN5O/c1-14-19(21)16-7-2-3-8-17(16)25(14)13-18(27)23-12-15-6-4-9-22-20(15)26-11-5-10-24-26/h2-11H,12-13H2,1H3,(H,23,27). The average Bonchev–Trinajstić information content (AvgIpc) is 3.31. The molecule has 7 heteroatoms. The van der Waals surface area contributed by atoms with Crippen LogP contribution < -0.4 is 5.32 Å². The molecule has 0 saturated carbocycles. The summed E-state index contributed by atoms with van der Waals surface area (Å²) < 4.78 is 4.74. The van der Waals surface area contributed by atoms with Crippen LogP contribution in [0.5, 0.6) is 0 Å². The molecule has 27 heavy (non-hydrogen) atoms. The Morgan fingerprint density at radius 1 is 1.15 bits per heavy atom. The second kappa shape index (κ2) is 7.36. The van der Waals surface area contributed by atoms with Crippen molar-refractivity contribution in [1.29, 1.82) is 0 Å². The summed E-state index contributed by atoms with van der Waals surface area (Å²) in [5.41, 5.74) is 2.98. The highest BCUT2D eigenvalue weighted by Gasteiger charge is 2.14. The molecule has 0 saturated heterocycles. The fraction of sp³-hybridized carbons (Fsp3) is 0.150. The van der Waals surface area contributed by atoms with Crippen molar-refractivity contribution in [2.75, 3.05) is 0 Å². The molecule has 1 amide bonds. The van der Waals surface area contributed by atoms with E-state index in [0.717, 1.165) is 26.6 Å². The molecule has 0 bridgehead atoms. The summed E-state index contributed by atoms with van der Waals surface area (Å²) in [6.45, 7) is 2.66. The van der Waals surface area contributed by atoms with Gasteiger partial charge in [-0.25, -0.2) is 9.67 Å². The number of nitrogens with one attached hydrogen (secondary N) is 1. The van der Waals surface area contributed by atoms with Crippen LogP contribution in [0, 0.1) is 6.92 Å². The van der Waals surface area contributed by atoms with E-state index >= 15 is 0 Å². The van der Waals surface area contributed by atoms with Crippen LogP contribution in [0.4, 0.5) is 0 Å². The molecule has 4 rings (SSSR count). The van der Waals surface area contributed by atoms with Gasteiger partial charge >= 0.3 is 0 Å². The predicted molar refractivity (Wildman–Crippen MR) is 108 cm³/mol. The lowest BCUT2D eigenvalue weighted by molar-refractivity contribution is -0.121. The van der Waals surface area contributed by atoms with E-state index in [1.807, 2.05) is 60.2 Å². The smallest absolute Gasteiger partial charge is 0.240 e. The molecule has 0 atom stereocenters. The predicted octanol–water partition coefficient (Wildman–Crippen LogP) is 3.61. The molecule has 136 valence electrons. The quantitative estimate of drug-likeness (QED) is 0.533. The number of benzene rings is 1. The van der Waals surface area contributed by atoms with Crippen molar-refractivity contribution in [3.05, 3.63) is 76.8 Å². The molecule has 0 aliphatic heterocycles. The van der Waals surface area contributed by atoms with Crippen molar-refractivity contribution < 1.29 is 4.79 Å². The number of amides is 1. The van der Waals surface area contributed by atoms with E-state index in [2.05, 4.69) is 31.3 Å². The number of carbonyl (C=O) groups is 1. The molecule has 0 spiro atoms. The second-order valence-electron chi connectivity index (χ2n) is 6.22. The van der Waals surface area contributed by atoms with Gasteiger partial charge in [0.05, 0.1) is 0 Å². The highest BCUT2D eigenvalue weighted by molar-refractivity contribution is 9.10. The number of aromatic nitrogens is 4. The van der Waals surface area contributed by atoms with Crippen molar-refractivity contribution in [3.8, 4) is 5.82 Å². The van der Waals surface area contributed by atoms with Gasteiger partial charge in [-0.05, 0) is 41.1 Å². The third-order valence-corrected chi connectivity index (χ3v) is 5.52. The van der Waals surface area contributed by atoms with Crippen LogP contribution in [-0.4, -0.2) is 25.2 Å². The zero-order chi connectivity index (χ0) is 18.8. The molecular weight excluding hydrogens is 406 g/mol. The van der Waals surface area contributed by atoms with Gasteiger partial charge in [0.15, 0.2) is 5.82 Å². The molecule has 3 aromatic heterocycles. The molecule has 0 fully saturated rings. The summed E-state index contributed by atoms with van der Waals surface area (Å²) in [6.07, 6.45) is 5.25.